The van der Waals surface area contributed by atoms with Crippen LogP contribution in [0.3, 0.4) is 0 Å². The topological polar surface area (TPSA) is 15.3 Å². The van der Waals surface area contributed by atoms with Gasteiger partial charge in [0.25, 0.3) is 0 Å². The van der Waals surface area contributed by atoms with Crippen molar-refractivity contribution in [2.24, 2.45) is 0 Å². The fraction of sp³-hybridized carbons (Fsp3) is 1.00. The molecule has 3 unspecified atom stereocenters. The molecule has 2 bridgehead atoms. The molecule has 0 saturated carbocycles. The molecule has 0 aromatic heterocycles. The van der Waals surface area contributed by atoms with Crippen LogP contribution in [0.4, 0.5) is 0 Å². The zero-order chi connectivity index (χ0) is 9.26. The lowest BCUT2D eigenvalue weighted by Gasteiger charge is -2.49. The largest absolute Gasteiger partial charge is 0.314 e. The van der Waals surface area contributed by atoms with Gasteiger partial charge < -0.3 is 5.32 Å². The van der Waals surface area contributed by atoms with Crippen molar-refractivity contribution in [2.45, 2.75) is 57.7 Å². The van der Waals surface area contributed by atoms with E-state index in [0.717, 1.165) is 18.1 Å². The highest BCUT2D eigenvalue weighted by atomic mass is 15.3. The van der Waals surface area contributed by atoms with Crippen molar-refractivity contribution in [1.82, 2.24) is 10.2 Å². The van der Waals surface area contributed by atoms with E-state index in [1.54, 1.807) is 0 Å². The maximum atomic E-state index is 3.55. The maximum Gasteiger partial charge on any atom is 0.0226 e. The van der Waals surface area contributed by atoms with Crippen molar-refractivity contribution in [1.29, 1.82) is 0 Å². The van der Waals surface area contributed by atoms with Crippen LogP contribution in [0.2, 0.25) is 0 Å². The van der Waals surface area contributed by atoms with E-state index in [2.05, 4.69) is 24.1 Å². The number of hydrogen-bond acceptors (Lipinski definition) is 2. The Hall–Kier alpha value is -0.0800. The highest BCUT2D eigenvalue weighted by molar-refractivity contribution is 4.93. The van der Waals surface area contributed by atoms with Crippen LogP contribution in [0.25, 0.3) is 0 Å². The lowest BCUT2D eigenvalue weighted by atomic mass is 9.90. The van der Waals surface area contributed by atoms with Crippen LogP contribution in [-0.4, -0.2) is 36.1 Å². The van der Waals surface area contributed by atoms with E-state index in [1.165, 1.54) is 38.8 Å². The highest BCUT2D eigenvalue weighted by Crippen LogP contribution is 2.28. The molecule has 2 saturated heterocycles. The molecule has 0 spiro atoms. The van der Waals surface area contributed by atoms with Gasteiger partial charge in [-0.1, -0.05) is 13.3 Å². The first kappa shape index (κ1) is 9.47. The van der Waals surface area contributed by atoms with E-state index in [4.69, 9.17) is 0 Å². The van der Waals surface area contributed by atoms with E-state index >= 15 is 0 Å². The van der Waals surface area contributed by atoms with Crippen LogP contribution in [0.5, 0.6) is 0 Å². The number of nitrogens with zero attached hydrogens (tertiary/aromatic N) is 1. The Morgan fingerprint density at radius 3 is 2.46 bits per heavy atom. The van der Waals surface area contributed by atoms with Gasteiger partial charge in [0.2, 0.25) is 0 Å². The summed E-state index contributed by atoms with van der Waals surface area (Å²) in [4.78, 5) is 2.78. The quantitative estimate of drug-likeness (QED) is 0.698. The Kier molecular flexibility index (Phi) is 2.89. The van der Waals surface area contributed by atoms with Crippen molar-refractivity contribution in [3.05, 3.63) is 0 Å². The van der Waals surface area contributed by atoms with Gasteiger partial charge in [0, 0.05) is 31.2 Å². The molecule has 0 aromatic carbocycles. The highest BCUT2D eigenvalue weighted by Gasteiger charge is 2.35. The lowest BCUT2D eigenvalue weighted by Crippen LogP contribution is -2.61. The first-order valence-electron chi connectivity index (χ1n) is 5.81. The molecule has 2 aliphatic heterocycles. The summed E-state index contributed by atoms with van der Waals surface area (Å²) in [5.41, 5.74) is 0. The maximum absolute atomic E-state index is 3.55. The van der Waals surface area contributed by atoms with Gasteiger partial charge in [0.15, 0.2) is 0 Å². The van der Waals surface area contributed by atoms with Gasteiger partial charge in [-0.2, -0.15) is 0 Å². The first-order valence-corrected chi connectivity index (χ1v) is 5.81. The van der Waals surface area contributed by atoms with Gasteiger partial charge in [-0.05, 0) is 26.2 Å². The average molecular weight is 182 g/mol. The number of rotatable bonds is 2. The normalized spacial score (nSPS) is 37.4. The second kappa shape index (κ2) is 3.97. The Morgan fingerprint density at radius 2 is 1.92 bits per heavy atom. The molecule has 2 heterocycles. The van der Waals surface area contributed by atoms with Gasteiger partial charge in [-0.3, -0.25) is 4.90 Å². The molecule has 0 aliphatic carbocycles. The molecule has 76 valence electrons. The predicted octanol–water partition coefficient (Wildman–Crippen LogP) is 1.61. The SMILES string of the molecule is CCC(C)N1C2CCCC1CNC2. The van der Waals surface area contributed by atoms with E-state index in [9.17, 15) is 0 Å². The van der Waals surface area contributed by atoms with Crippen LogP contribution in [0.1, 0.15) is 39.5 Å². The zero-order valence-electron chi connectivity index (χ0n) is 8.92. The molecular weight excluding hydrogens is 160 g/mol. The first-order chi connectivity index (χ1) is 6.33. The smallest absolute Gasteiger partial charge is 0.0226 e. The number of nitrogens with one attached hydrogen (secondary N) is 1. The third-order valence-corrected chi connectivity index (χ3v) is 3.78. The molecule has 0 amide bonds. The van der Waals surface area contributed by atoms with Crippen molar-refractivity contribution in [3.8, 4) is 0 Å². The average Bonchev–Trinajstić information content (AvgIpc) is 2.15. The van der Waals surface area contributed by atoms with Crippen LogP contribution in [-0.2, 0) is 0 Å². The summed E-state index contributed by atoms with van der Waals surface area (Å²) < 4.78 is 0. The summed E-state index contributed by atoms with van der Waals surface area (Å²) in [5.74, 6) is 0. The van der Waals surface area contributed by atoms with Crippen LogP contribution in [0, 0.1) is 0 Å². The Morgan fingerprint density at radius 1 is 1.31 bits per heavy atom. The van der Waals surface area contributed by atoms with E-state index in [-0.39, 0.29) is 0 Å². The molecule has 0 aromatic rings. The molecule has 2 fully saturated rings. The fourth-order valence-corrected chi connectivity index (χ4v) is 2.95. The molecule has 2 nitrogen and oxygen atoms in total. The minimum atomic E-state index is 0.789. The van der Waals surface area contributed by atoms with Crippen LogP contribution in [0.15, 0.2) is 0 Å². The standard InChI is InChI=1S/C11H22N2/c1-3-9(2)13-10-5-4-6-11(13)8-12-7-10/h9-12H,3-8H2,1-2H3. The summed E-state index contributed by atoms with van der Waals surface area (Å²) in [6, 6.07) is 2.46. The number of piperazine rings is 1. The van der Waals surface area contributed by atoms with Crippen LogP contribution < -0.4 is 5.32 Å². The minimum absolute atomic E-state index is 0.789. The zero-order valence-corrected chi connectivity index (χ0v) is 8.92. The number of piperidine rings is 1. The molecule has 1 N–H and O–H groups in total. The summed E-state index contributed by atoms with van der Waals surface area (Å²) in [6.45, 7) is 7.14. The lowest BCUT2D eigenvalue weighted by molar-refractivity contribution is 0.0181. The van der Waals surface area contributed by atoms with Crippen LogP contribution >= 0.6 is 0 Å². The summed E-state index contributed by atoms with van der Waals surface area (Å²) in [7, 11) is 0. The third-order valence-electron chi connectivity index (χ3n) is 3.78. The van der Waals surface area contributed by atoms with E-state index in [1.807, 2.05) is 0 Å². The molecule has 13 heavy (non-hydrogen) atoms. The van der Waals surface area contributed by atoms with Gasteiger partial charge in [-0.15, -0.1) is 0 Å². The Bertz CT molecular complexity index is 147. The van der Waals surface area contributed by atoms with Crippen molar-refractivity contribution >= 4 is 0 Å². The minimum Gasteiger partial charge on any atom is -0.314 e. The summed E-state index contributed by atoms with van der Waals surface area (Å²) >= 11 is 0. The van der Waals surface area contributed by atoms with Crippen molar-refractivity contribution < 1.29 is 0 Å². The second-order valence-electron chi connectivity index (χ2n) is 4.60. The molecular formula is C11H22N2. The van der Waals surface area contributed by atoms with Gasteiger partial charge in [-0.25, -0.2) is 0 Å². The third kappa shape index (κ3) is 1.75. The van der Waals surface area contributed by atoms with Gasteiger partial charge in [0.05, 0.1) is 0 Å². The van der Waals surface area contributed by atoms with Gasteiger partial charge >= 0.3 is 0 Å². The predicted molar refractivity (Wildman–Crippen MR) is 55.9 cm³/mol. The van der Waals surface area contributed by atoms with E-state index in [0.29, 0.717) is 0 Å². The Labute approximate surface area is 81.7 Å². The van der Waals surface area contributed by atoms with Crippen molar-refractivity contribution in [3.63, 3.8) is 0 Å². The molecule has 0 radical (unpaired) electrons. The molecule has 2 rings (SSSR count). The monoisotopic (exact) mass is 182 g/mol. The number of fused-ring (bicyclic) bond motifs is 2. The summed E-state index contributed by atoms with van der Waals surface area (Å²) in [5, 5.41) is 3.55. The molecule has 2 heteroatoms. The second-order valence-corrected chi connectivity index (χ2v) is 4.60. The number of hydrogen-bond donors (Lipinski definition) is 1. The molecule has 3 atom stereocenters. The fourth-order valence-electron chi connectivity index (χ4n) is 2.95. The van der Waals surface area contributed by atoms with E-state index < -0.39 is 0 Å². The van der Waals surface area contributed by atoms with Crippen molar-refractivity contribution in [2.75, 3.05) is 13.1 Å². The Balaban J connectivity index is 2.06. The summed E-state index contributed by atoms with van der Waals surface area (Å²) in [6.07, 6.45) is 5.57. The van der Waals surface area contributed by atoms with Gasteiger partial charge in [0.1, 0.15) is 0 Å². The molecule has 2 aliphatic rings.